The molecule has 2 atom stereocenters. The molecule has 1 aliphatic carbocycles. The number of hydrogen-bond acceptors (Lipinski definition) is 2. The Hall–Kier alpha value is -0.830. The SMILES string of the molecule is CC1(C)C(Cl)CC1Oc1cncc(F)c1. The van der Waals surface area contributed by atoms with Crippen molar-refractivity contribution in [2.45, 2.75) is 31.7 Å². The highest BCUT2D eigenvalue weighted by molar-refractivity contribution is 6.21. The van der Waals surface area contributed by atoms with E-state index in [0.717, 1.165) is 12.6 Å². The van der Waals surface area contributed by atoms with E-state index in [-0.39, 0.29) is 22.7 Å². The molecule has 0 aromatic carbocycles. The summed E-state index contributed by atoms with van der Waals surface area (Å²) in [5.74, 6) is 0.0868. The molecule has 0 aliphatic heterocycles. The van der Waals surface area contributed by atoms with Gasteiger partial charge in [-0.1, -0.05) is 13.8 Å². The van der Waals surface area contributed by atoms with Gasteiger partial charge in [0.1, 0.15) is 17.7 Å². The monoisotopic (exact) mass is 229 g/mol. The minimum Gasteiger partial charge on any atom is -0.488 e. The number of halogens is 2. The summed E-state index contributed by atoms with van der Waals surface area (Å²) in [5, 5.41) is 0.129. The van der Waals surface area contributed by atoms with Gasteiger partial charge >= 0.3 is 0 Å². The maximum Gasteiger partial charge on any atom is 0.145 e. The van der Waals surface area contributed by atoms with E-state index in [9.17, 15) is 4.39 Å². The molecule has 0 saturated heterocycles. The molecular formula is C11H13ClFNO. The lowest BCUT2D eigenvalue weighted by molar-refractivity contribution is -0.0134. The number of rotatable bonds is 2. The highest BCUT2D eigenvalue weighted by Crippen LogP contribution is 2.46. The van der Waals surface area contributed by atoms with Gasteiger partial charge in [-0.15, -0.1) is 11.6 Å². The predicted octanol–water partition coefficient (Wildman–Crippen LogP) is 3.01. The molecule has 82 valence electrons. The first-order valence-corrected chi connectivity index (χ1v) is 5.35. The van der Waals surface area contributed by atoms with Crippen LogP contribution >= 0.6 is 11.6 Å². The van der Waals surface area contributed by atoms with E-state index < -0.39 is 0 Å². The minimum atomic E-state index is -0.382. The van der Waals surface area contributed by atoms with Crippen LogP contribution in [0.15, 0.2) is 18.5 Å². The molecule has 15 heavy (non-hydrogen) atoms. The molecule has 4 heteroatoms. The van der Waals surface area contributed by atoms with Crippen molar-refractivity contribution in [3.05, 3.63) is 24.3 Å². The van der Waals surface area contributed by atoms with Crippen molar-refractivity contribution < 1.29 is 9.13 Å². The van der Waals surface area contributed by atoms with E-state index in [1.807, 2.05) is 13.8 Å². The van der Waals surface area contributed by atoms with E-state index in [1.165, 1.54) is 12.3 Å². The summed E-state index contributed by atoms with van der Waals surface area (Å²) in [6, 6.07) is 1.34. The number of aromatic nitrogens is 1. The van der Waals surface area contributed by atoms with Gasteiger partial charge in [0, 0.05) is 23.3 Å². The van der Waals surface area contributed by atoms with E-state index >= 15 is 0 Å². The van der Waals surface area contributed by atoms with Crippen LogP contribution in [-0.2, 0) is 0 Å². The van der Waals surface area contributed by atoms with Gasteiger partial charge in [0.05, 0.1) is 12.4 Å². The lowest BCUT2D eigenvalue weighted by Crippen LogP contribution is -2.53. The van der Waals surface area contributed by atoms with Crippen LogP contribution in [0.4, 0.5) is 4.39 Å². The molecule has 1 aromatic heterocycles. The smallest absolute Gasteiger partial charge is 0.145 e. The summed E-state index contributed by atoms with van der Waals surface area (Å²) in [5.41, 5.74) is -0.0616. The van der Waals surface area contributed by atoms with Crippen LogP contribution in [-0.4, -0.2) is 16.5 Å². The number of pyridine rings is 1. The van der Waals surface area contributed by atoms with Gasteiger partial charge in [0.15, 0.2) is 0 Å². The fraction of sp³-hybridized carbons (Fsp3) is 0.545. The number of nitrogens with zero attached hydrogens (tertiary/aromatic N) is 1. The molecular weight excluding hydrogens is 217 g/mol. The van der Waals surface area contributed by atoms with Crippen molar-refractivity contribution in [1.82, 2.24) is 4.98 Å². The van der Waals surface area contributed by atoms with Crippen LogP contribution in [0, 0.1) is 11.2 Å². The van der Waals surface area contributed by atoms with Gasteiger partial charge in [0.2, 0.25) is 0 Å². The van der Waals surface area contributed by atoms with Gasteiger partial charge in [-0.3, -0.25) is 4.98 Å². The number of alkyl halides is 1. The molecule has 0 spiro atoms. The molecule has 0 amide bonds. The Morgan fingerprint density at radius 2 is 2.27 bits per heavy atom. The summed E-state index contributed by atoms with van der Waals surface area (Å²) in [6.45, 7) is 4.09. The van der Waals surface area contributed by atoms with Gasteiger partial charge in [-0.2, -0.15) is 0 Å². The molecule has 1 saturated carbocycles. The molecule has 1 heterocycles. The fourth-order valence-corrected chi connectivity index (χ4v) is 1.96. The highest BCUT2D eigenvalue weighted by atomic mass is 35.5. The van der Waals surface area contributed by atoms with E-state index in [0.29, 0.717) is 5.75 Å². The quantitative estimate of drug-likeness (QED) is 0.728. The van der Waals surface area contributed by atoms with Gasteiger partial charge in [0.25, 0.3) is 0 Å². The maximum absolute atomic E-state index is 12.8. The summed E-state index contributed by atoms with van der Waals surface area (Å²) in [6.07, 6.45) is 3.51. The Kier molecular flexibility index (Phi) is 2.59. The van der Waals surface area contributed by atoms with E-state index in [1.54, 1.807) is 0 Å². The van der Waals surface area contributed by atoms with E-state index in [2.05, 4.69) is 4.98 Å². The summed E-state index contributed by atoms with van der Waals surface area (Å²) < 4.78 is 18.5. The summed E-state index contributed by atoms with van der Waals surface area (Å²) in [7, 11) is 0. The summed E-state index contributed by atoms with van der Waals surface area (Å²) >= 11 is 6.06. The first kappa shape index (κ1) is 10.7. The Bertz CT molecular complexity index is 369. The topological polar surface area (TPSA) is 22.1 Å². The lowest BCUT2D eigenvalue weighted by atomic mass is 9.68. The second kappa shape index (κ2) is 3.63. The van der Waals surface area contributed by atoms with Crippen molar-refractivity contribution >= 4 is 11.6 Å². The molecule has 1 aliphatic rings. The van der Waals surface area contributed by atoms with Crippen LogP contribution < -0.4 is 4.74 Å². The van der Waals surface area contributed by atoms with Crippen molar-refractivity contribution in [3.8, 4) is 5.75 Å². The largest absolute Gasteiger partial charge is 0.488 e. The first-order valence-electron chi connectivity index (χ1n) is 4.91. The molecule has 0 bridgehead atoms. The zero-order valence-corrected chi connectivity index (χ0v) is 9.46. The Morgan fingerprint density at radius 1 is 1.53 bits per heavy atom. The van der Waals surface area contributed by atoms with Gasteiger partial charge < -0.3 is 4.74 Å². The lowest BCUT2D eigenvalue weighted by Gasteiger charge is -2.48. The predicted molar refractivity (Wildman–Crippen MR) is 56.7 cm³/mol. The average molecular weight is 230 g/mol. The molecule has 0 radical (unpaired) electrons. The van der Waals surface area contributed by atoms with Crippen LogP contribution in [0.25, 0.3) is 0 Å². The van der Waals surface area contributed by atoms with Crippen molar-refractivity contribution in [3.63, 3.8) is 0 Å². The van der Waals surface area contributed by atoms with Crippen LogP contribution in [0.1, 0.15) is 20.3 Å². The zero-order chi connectivity index (χ0) is 11.1. The standard InChI is InChI=1S/C11H13ClFNO/c1-11(2)9(12)4-10(11)15-8-3-7(13)5-14-6-8/h3,5-6,9-10H,4H2,1-2H3. The molecule has 2 nitrogen and oxygen atoms in total. The first-order chi connectivity index (χ1) is 7.00. The molecule has 1 aromatic rings. The Morgan fingerprint density at radius 3 is 2.80 bits per heavy atom. The average Bonchev–Trinajstić information content (AvgIpc) is 2.17. The van der Waals surface area contributed by atoms with E-state index in [4.69, 9.17) is 16.3 Å². The number of ether oxygens (including phenoxy) is 1. The van der Waals surface area contributed by atoms with Crippen molar-refractivity contribution in [2.75, 3.05) is 0 Å². The molecule has 1 fully saturated rings. The Balaban J connectivity index is 2.05. The fourth-order valence-electron chi connectivity index (χ4n) is 1.66. The second-order valence-electron chi connectivity index (χ2n) is 4.47. The molecule has 2 unspecified atom stereocenters. The van der Waals surface area contributed by atoms with Crippen LogP contribution in [0.2, 0.25) is 0 Å². The van der Waals surface area contributed by atoms with Gasteiger partial charge in [-0.25, -0.2) is 4.39 Å². The highest BCUT2D eigenvalue weighted by Gasteiger charge is 2.49. The summed E-state index contributed by atoms with van der Waals surface area (Å²) in [4.78, 5) is 3.73. The molecule has 2 rings (SSSR count). The second-order valence-corrected chi connectivity index (χ2v) is 5.00. The third-order valence-corrected chi connectivity index (χ3v) is 3.76. The van der Waals surface area contributed by atoms with Crippen LogP contribution in [0.3, 0.4) is 0 Å². The third kappa shape index (κ3) is 1.93. The maximum atomic E-state index is 12.8. The van der Waals surface area contributed by atoms with Crippen LogP contribution in [0.5, 0.6) is 5.75 Å². The Labute approximate surface area is 93.4 Å². The van der Waals surface area contributed by atoms with Crippen molar-refractivity contribution in [2.24, 2.45) is 5.41 Å². The van der Waals surface area contributed by atoms with Gasteiger partial charge in [-0.05, 0) is 0 Å². The zero-order valence-electron chi connectivity index (χ0n) is 8.71. The molecule has 0 N–H and O–H groups in total. The minimum absolute atomic E-state index is 0.0450. The number of hydrogen-bond donors (Lipinski definition) is 0. The van der Waals surface area contributed by atoms with Crippen molar-refractivity contribution in [1.29, 1.82) is 0 Å². The third-order valence-electron chi connectivity index (χ3n) is 3.02. The normalized spacial score (nSPS) is 28.3.